The van der Waals surface area contributed by atoms with Crippen molar-refractivity contribution in [2.24, 2.45) is 0 Å². The van der Waals surface area contributed by atoms with Gasteiger partial charge in [0.15, 0.2) is 12.4 Å². The van der Waals surface area contributed by atoms with Crippen molar-refractivity contribution < 1.29 is 23.6 Å². The maximum atomic E-state index is 12.1. The summed E-state index contributed by atoms with van der Waals surface area (Å²) in [5.41, 5.74) is 0. The van der Waals surface area contributed by atoms with Gasteiger partial charge in [-0.2, -0.15) is 0 Å². The lowest BCUT2D eigenvalue weighted by Gasteiger charge is -2.24. The van der Waals surface area contributed by atoms with E-state index in [1.54, 1.807) is 17.9 Å². The topological polar surface area (TPSA) is 102 Å². The third-order valence-corrected chi connectivity index (χ3v) is 4.82. The van der Waals surface area contributed by atoms with Crippen LogP contribution in [0.2, 0.25) is 0 Å². The van der Waals surface area contributed by atoms with Crippen LogP contribution in [0, 0.1) is 6.92 Å². The molecule has 1 saturated heterocycles. The van der Waals surface area contributed by atoms with Gasteiger partial charge in [-0.25, -0.2) is 0 Å². The second-order valence-electron chi connectivity index (χ2n) is 6.17. The Morgan fingerprint density at radius 3 is 2.54 bits per heavy atom. The second kappa shape index (κ2) is 10.8. The van der Waals surface area contributed by atoms with E-state index in [2.05, 4.69) is 10.5 Å². The first kappa shape index (κ1) is 20.3. The van der Waals surface area contributed by atoms with Gasteiger partial charge in [0.1, 0.15) is 5.76 Å². The lowest BCUT2D eigenvalue weighted by Crippen LogP contribution is -2.37. The van der Waals surface area contributed by atoms with Gasteiger partial charge in [0.25, 0.3) is 5.91 Å². The van der Waals surface area contributed by atoms with Crippen molar-refractivity contribution in [2.45, 2.75) is 39.0 Å². The van der Waals surface area contributed by atoms with E-state index in [9.17, 15) is 14.4 Å². The van der Waals surface area contributed by atoms with Crippen LogP contribution in [-0.2, 0) is 19.1 Å². The fourth-order valence-electron chi connectivity index (χ4n) is 2.60. The van der Waals surface area contributed by atoms with E-state index in [-0.39, 0.29) is 29.9 Å². The fourth-order valence-corrected chi connectivity index (χ4v) is 3.21. The Morgan fingerprint density at radius 2 is 1.88 bits per heavy atom. The first-order chi connectivity index (χ1) is 12.5. The summed E-state index contributed by atoms with van der Waals surface area (Å²) in [6.45, 7) is 2.95. The molecule has 1 aromatic rings. The molecule has 0 unspecified atom stereocenters. The summed E-state index contributed by atoms with van der Waals surface area (Å²) in [5, 5.41) is 6.22. The molecule has 0 saturated carbocycles. The van der Waals surface area contributed by atoms with Crippen molar-refractivity contribution in [1.29, 1.82) is 0 Å². The van der Waals surface area contributed by atoms with Crippen LogP contribution in [-0.4, -0.2) is 59.0 Å². The molecular weight excluding hydrogens is 358 g/mol. The summed E-state index contributed by atoms with van der Waals surface area (Å²) < 4.78 is 9.87. The Balaban J connectivity index is 1.59. The van der Waals surface area contributed by atoms with E-state index >= 15 is 0 Å². The third-order valence-electron chi connectivity index (χ3n) is 3.91. The number of amides is 2. The molecule has 1 aromatic heterocycles. The van der Waals surface area contributed by atoms with Gasteiger partial charge >= 0.3 is 5.97 Å². The van der Waals surface area contributed by atoms with Crippen molar-refractivity contribution in [3.8, 4) is 0 Å². The number of anilines is 1. The SMILES string of the molecule is Cc1cc(NC(=O)CSCC(=O)OCC(=O)N2CCCCCCC2)no1. The maximum absolute atomic E-state index is 12.1. The summed E-state index contributed by atoms with van der Waals surface area (Å²) in [6, 6.07) is 1.60. The molecule has 0 aliphatic carbocycles. The average Bonchev–Trinajstić information content (AvgIpc) is 2.97. The second-order valence-corrected chi connectivity index (χ2v) is 7.16. The number of aromatic nitrogens is 1. The van der Waals surface area contributed by atoms with Crippen molar-refractivity contribution in [1.82, 2.24) is 10.1 Å². The highest BCUT2D eigenvalue weighted by molar-refractivity contribution is 8.00. The monoisotopic (exact) mass is 383 g/mol. The van der Waals surface area contributed by atoms with Crippen molar-refractivity contribution in [3.05, 3.63) is 11.8 Å². The number of aryl methyl sites for hydroxylation is 1. The molecule has 0 aromatic carbocycles. The smallest absolute Gasteiger partial charge is 0.316 e. The van der Waals surface area contributed by atoms with Crippen LogP contribution < -0.4 is 5.32 Å². The maximum Gasteiger partial charge on any atom is 0.316 e. The summed E-state index contributed by atoms with van der Waals surface area (Å²) in [6.07, 6.45) is 5.48. The Bertz CT molecular complexity index is 611. The van der Waals surface area contributed by atoms with E-state index in [1.807, 2.05) is 0 Å². The van der Waals surface area contributed by atoms with Crippen molar-refractivity contribution in [2.75, 3.05) is 36.5 Å². The average molecular weight is 383 g/mol. The molecule has 1 aliphatic rings. The minimum absolute atomic E-state index is 0.0124. The first-order valence-electron chi connectivity index (χ1n) is 8.79. The minimum atomic E-state index is -0.500. The highest BCUT2D eigenvalue weighted by Gasteiger charge is 2.17. The number of hydrogen-bond donors (Lipinski definition) is 1. The van der Waals surface area contributed by atoms with Gasteiger partial charge in [-0.1, -0.05) is 24.4 Å². The van der Waals surface area contributed by atoms with Crippen LogP contribution in [0.1, 0.15) is 37.9 Å². The van der Waals surface area contributed by atoms with Crippen LogP contribution in [0.5, 0.6) is 0 Å². The highest BCUT2D eigenvalue weighted by Crippen LogP contribution is 2.11. The molecule has 0 bridgehead atoms. The molecule has 1 aliphatic heterocycles. The molecule has 2 heterocycles. The van der Waals surface area contributed by atoms with Gasteiger partial charge in [0, 0.05) is 19.2 Å². The Labute approximate surface area is 157 Å². The van der Waals surface area contributed by atoms with E-state index in [1.165, 1.54) is 6.42 Å². The quantitative estimate of drug-likeness (QED) is 0.718. The molecular formula is C17H25N3O5S. The number of hydrogen-bond acceptors (Lipinski definition) is 7. The number of nitrogens with zero attached hydrogens (tertiary/aromatic N) is 2. The van der Waals surface area contributed by atoms with Crippen LogP contribution in [0.4, 0.5) is 5.82 Å². The summed E-state index contributed by atoms with van der Waals surface area (Å²) >= 11 is 1.12. The van der Waals surface area contributed by atoms with E-state index in [0.717, 1.165) is 50.5 Å². The molecule has 1 fully saturated rings. The molecule has 144 valence electrons. The van der Waals surface area contributed by atoms with Gasteiger partial charge in [0.05, 0.1) is 11.5 Å². The number of rotatable bonds is 7. The number of nitrogens with one attached hydrogen (secondary N) is 1. The molecule has 8 nitrogen and oxygen atoms in total. The number of esters is 1. The van der Waals surface area contributed by atoms with E-state index in [4.69, 9.17) is 9.26 Å². The molecule has 9 heteroatoms. The molecule has 2 amide bonds. The van der Waals surface area contributed by atoms with Gasteiger partial charge in [-0.15, -0.1) is 11.8 Å². The van der Waals surface area contributed by atoms with Gasteiger partial charge < -0.3 is 19.5 Å². The number of ether oxygens (including phenoxy) is 1. The minimum Gasteiger partial charge on any atom is -0.455 e. The van der Waals surface area contributed by atoms with Crippen molar-refractivity contribution >= 4 is 35.4 Å². The van der Waals surface area contributed by atoms with E-state index in [0.29, 0.717) is 11.6 Å². The van der Waals surface area contributed by atoms with E-state index < -0.39 is 5.97 Å². The predicted molar refractivity (Wildman–Crippen MR) is 97.8 cm³/mol. The molecule has 0 spiro atoms. The lowest BCUT2D eigenvalue weighted by molar-refractivity contribution is -0.150. The summed E-state index contributed by atoms with van der Waals surface area (Å²) in [5.74, 6) is 0.105. The zero-order valence-corrected chi connectivity index (χ0v) is 15.8. The predicted octanol–water partition coefficient (Wildman–Crippen LogP) is 1.99. The van der Waals surface area contributed by atoms with Crippen LogP contribution in [0.3, 0.4) is 0 Å². The zero-order valence-electron chi connectivity index (χ0n) is 15.0. The summed E-state index contributed by atoms with van der Waals surface area (Å²) in [4.78, 5) is 37.3. The van der Waals surface area contributed by atoms with Gasteiger partial charge in [-0.3, -0.25) is 14.4 Å². The Morgan fingerprint density at radius 1 is 1.19 bits per heavy atom. The molecule has 0 radical (unpaired) electrons. The Kier molecular flexibility index (Phi) is 8.46. The number of thioether (sulfide) groups is 1. The third kappa shape index (κ3) is 7.47. The number of carbonyl (C=O) groups is 3. The fraction of sp³-hybridized carbons (Fsp3) is 0.647. The summed E-state index contributed by atoms with van der Waals surface area (Å²) in [7, 11) is 0. The van der Waals surface area contributed by atoms with Crippen LogP contribution >= 0.6 is 11.8 Å². The first-order valence-corrected chi connectivity index (χ1v) is 9.94. The molecule has 1 N–H and O–H groups in total. The molecule has 26 heavy (non-hydrogen) atoms. The standard InChI is InChI=1S/C17H25N3O5S/c1-13-9-14(19-25-13)18-15(21)11-26-12-17(23)24-10-16(22)20-7-5-3-2-4-6-8-20/h9H,2-8,10-12H2,1H3,(H,18,19,21). The van der Waals surface area contributed by atoms with Crippen LogP contribution in [0.15, 0.2) is 10.6 Å². The van der Waals surface area contributed by atoms with Gasteiger partial charge in [0.2, 0.25) is 5.91 Å². The zero-order chi connectivity index (χ0) is 18.8. The lowest BCUT2D eigenvalue weighted by atomic mass is 10.1. The highest BCUT2D eigenvalue weighted by atomic mass is 32.2. The van der Waals surface area contributed by atoms with Crippen molar-refractivity contribution in [3.63, 3.8) is 0 Å². The molecule has 0 atom stereocenters. The molecule has 2 rings (SSSR count). The Hall–Kier alpha value is -2.03. The van der Waals surface area contributed by atoms with Crippen LogP contribution in [0.25, 0.3) is 0 Å². The number of likely N-dealkylation sites (tertiary alicyclic amines) is 1. The van der Waals surface area contributed by atoms with Gasteiger partial charge in [-0.05, 0) is 19.8 Å². The number of carbonyl (C=O) groups excluding carboxylic acids is 3. The normalized spacial score (nSPS) is 15.0. The largest absolute Gasteiger partial charge is 0.455 e.